The van der Waals surface area contributed by atoms with Gasteiger partial charge in [0, 0.05) is 52.8 Å². The van der Waals surface area contributed by atoms with Crippen molar-refractivity contribution in [3.05, 3.63) is 110 Å². The average molecular weight is 520 g/mol. The number of nitrogens with zero attached hydrogens (tertiary/aromatic N) is 2. The summed E-state index contributed by atoms with van der Waals surface area (Å²) in [5.41, 5.74) is 2.24. The van der Waals surface area contributed by atoms with Crippen LogP contribution in [0.5, 0.6) is 0 Å². The highest BCUT2D eigenvalue weighted by atomic mass is 35.5. The lowest BCUT2D eigenvalue weighted by atomic mass is 9.68. The molecule has 0 N–H and O–H groups in total. The van der Waals surface area contributed by atoms with Gasteiger partial charge in [-0.05, 0) is 47.5 Å². The Hall–Kier alpha value is -2.47. The predicted molar refractivity (Wildman–Crippen MR) is 129 cm³/mol. The van der Waals surface area contributed by atoms with Crippen molar-refractivity contribution in [3.8, 4) is 0 Å². The maximum Gasteiger partial charge on any atom is 0.230 e. The number of fused-ring (bicyclic) bond motifs is 1. The molecule has 2 heterocycles. The van der Waals surface area contributed by atoms with Gasteiger partial charge >= 0.3 is 0 Å². The van der Waals surface area contributed by atoms with Crippen LogP contribution in [0.2, 0.25) is 15.1 Å². The third-order valence-corrected chi connectivity index (χ3v) is 7.42. The van der Waals surface area contributed by atoms with E-state index in [4.69, 9.17) is 34.8 Å². The molecule has 1 aliphatic carbocycles. The van der Waals surface area contributed by atoms with Gasteiger partial charge in [0.15, 0.2) is 11.6 Å². The first-order chi connectivity index (χ1) is 16.3. The van der Waals surface area contributed by atoms with Crippen LogP contribution in [0.4, 0.5) is 8.78 Å². The minimum atomic E-state index is -0.929. The van der Waals surface area contributed by atoms with Gasteiger partial charge in [0.1, 0.15) is 0 Å². The number of carbonyl (C=O) groups excluding carboxylic acids is 1. The molecular weight excluding hydrogens is 501 g/mol. The SMILES string of the molecule is O=C1C2C=CC(c3ccc(Cl)cc3Cl)C(c3ccc(Cl)cn3)C2CN1Cc1ccc(F)c(F)c1. The topological polar surface area (TPSA) is 33.2 Å². The summed E-state index contributed by atoms with van der Waals surface area (Å²) in [6.45, 7) is 0.646. The number of aromatic nitrogens is 1. The van der Waals surface area contributed by atoms with E-state index in [0.717, 1.165) is 23.4 Å². The monoisotopic (exact) mass is 518 g/mol. The molecule has 3 aromatic rings. The van der Waals surface area contributed by atoms with Gasteiger partial charge in [-0.25, -0.2) is 8.78 Å². The van der Waals surface area contributed by atoms with Crippen molar-refractivity contribution < 1.29 is 13.6 Å². The van der Waals surface area contributed by atoms with Crippen molar-refractivity contribution in [2.75, 3.05) is 6.54 Å². The van der Waals surface area contributed by atoms with Crippen LogP contribution in [0, 0.1) is 23.5 Å². The molecule has 0 saturated carbocycles. The molecule has 1 aromatic heterocycles. The van der Waals surface area contributed by atoms with Crippen molar-refractivity contribution >= 4 is 40.7 Å². The van der Waals surface area contributed by atoms with Gasteiger partial charge in [0.05, 0.1) is 10.9 Å². The molecule has 1 amide bonds. The number of carbonyl (C=O) groups is 1. The fraction of sp³-hybridized carbons (Fsp3) is 0.231. The standard InChI is InChI=1S/C26H19Cl3F2N2O/c27-15-2-4-17(21(29)10-15)18-5-6-19-20(25(18)24-8-3-16(28)11-32-24)13-33(26(19)34)12-14-1-7-22(30)23(31)9-14/h1-11,18-20,25H,12-13H2. The molecule has 4 unspecified atom stereocenters. The van der Waals surface area contributed by atoms with Crippen molar-refractivity contribution in [2.45, 2.75) is 18.4 Å². The summed E-state index contributed by atoms with van der Waals surface area (Å²) in [6, 6.07) is 12.8. The summed E-state index contributed by atoms with van der Waals surface area (Å²) in [6.07, 6.45) is 5.54. The third kappa shape index (κ3) is 4.33. The smallest absolute Gasteiger partial charge is 0.230 e. The maximum absolute atomic E-state index is 13.7. The Kier molecular flexibility index (Phi) is 6.36. The van der Waals surface area contributed by atoms with E-state index in [-0.39, 0.29) is 36.1 Å². The zero-order valence-corrected chi connectivity index (χ0v) is 20.0. The molecule has 2 aromatic carbocycles. The quantitative estimate of drug-likeness (QED) is 0.347. The molecule has 2 aliphatic rings. The van der Waals surface area contributed by atoms with E-state index in [0.29, 0.717) is 27.2 Å². The number of pyridine rings is 1. The highest BCUT2D eigenvalue weighted by Gasteiger charge is 2.48. The van der Waals surface area contributed by atoms with Gasteiger partial charge in [0.25, 0.3) is 0 Å². The molecular formula is C26H19Cl3F2N2O. The second kappa shape index (κ2) is 9.29. The number of allylic oxidation sites excluding steroid dienone is 1. The van der Waals surface area contributed by atoms with Crippen LogP contribution in [-0.4, -0.2) is 22.3 Å². The summed E-state index contributed by atoms with van der Waals surface area (Å²) in [4.78, 5) is 19.6. The van der Waals surface area contributed by atoms with Crippen LogP contribution in [0.15, 0.2) is 66.9 Å². The number of benzene rings is 2. The van der Waals surface area contributed by atoms with E-state index in [9.17, 15) is 13.6 Å². The number of amides is 1. The van der Waals surface area contributed by atoms with Crippen molar-refractivity contribution in [3.63, 3.8) is 0 Å². The second-order valence-corrected chi connectivity index (χ2v) is 9.94. The summed E-state index contributed by atoms with van der Waals surface area (Å²) in [5.74, 6) is -2.61. The Morgan fingerprint density at radius 1 is 0.912 bits per heavy atom. The average Bonchev–Trinajstić information content (AvgIpc) is 3.12. The van der Waals surface area contributed by atoms with E-state index in [1.807, 2.05) is 24.3 Å². The van der Waals surface area contributed by atoms with Crippen molar-refractivity contribution in [1.29, 1.82) is 0 Å². The van der Waals surface area contributed by atoms with Gasteiger partial charge in [0.2, 0.25) is 5.91 Å². The summed E-state index contributed by atoms with van der Waals surface area (Å²) < 4.78 is 27.1. The van der Waals surface area contributed by atoms with Gasteiger partial charge in [-0.1, -0.05) is 59.1 Å². The van der Waals surface area contributed by atoms with Crippen molar-refractivity contribution in [1.82, 2.24) is 9.88 Å². The normalized spacial score (nSPS) is 23.9. The zero-order chi connectivity index (χ0) is 24.0. The van der Waals surface area contributed by atoms with Crippen LogP contribution in [0.25, 0.3) is 0 Å². The van der Waals surface area contributed by atoms with E-state index in [1.54, 1.807) is 29.3 Å². The first-order valence-electron chi connectivity index (χ1n) is 10.8. The lowest BCUT2D eigenvalue weighted by Gasteiger charge is -2.35. The van der Waals surface area contributed by atoms with Crippen LogP contribution in [0.3, 0.4) is 0 Å². The summed E-state index contributed by atoms with van der Waals surface area (Å²) >= 11 is 18.8. The van der Waals surface area contributed by atoms with Gasteiger partial charge < -0.3 is 4.90 Å². The van der Waals surface area contributed by atoms with Crippen LogP contribution < -0.4 is 0 Å². The van der Waals surface area contributed by atoms with E-state index >= 15 is 0 Å². The Bertz CT molecular complexity index is 1280. The summed E-state index contributed by atoms with van der Waals surface area (Å²) in [5, 5.41) is 1.61. The molecule has 5 rings (SSSR count). The molecule has 1 aliphatic heterocycles. The number of hydrogen-bond donors (Lipinski definition) is 0. The number of likely N-dealkylation sites (tertiary alicyclic amines) is 1. The Morgan fingerprint density at radius 2 is 1.68 bits per heavy atom. The fourth-order valence-electron chi connectivity index (χ4n) is 5.10. The highest BCUT2D eigenvalue weighted by Crippen LogP contribution is 2.50. The second-order valence-electron chi connectivity index (χ2n) is 8.66. The Morgan fingerprint density at radius 3 is 2.38 bits per heavy atom. The van der Waals surface area contributed by atoms with Crippen molar-refractivity contribution in [2.24, 2.45) is 11.8 Å². The number of rotatable bonds is 4. The van der Waals surface area contributed by atoms with Crippen LogP contribution in [-0.2, 0) is 11.3 Å². The Labute approximate surface area is 211 Å². The van der Waals surface area contributed by atoms with Gasteiger partial charge in [-0.3, -0.25) is 9.78 Å². The zero-order valence-electron chi connectivity index (χ0n) is 17.8. The minimum absolute atomic E-state index is 0.0504. The largest absolute Gasteiger partial charge is 0.338 e. The van der Waals surface area contributed by atoms with E-state index in [2.05, 4.69) is 4.98 Å². The first-order valence-corrected chi connectivity index (χ1v) is 11.9. The third-order valence-electron chi connectivity index (χ3n) is 6.63. The highest BCUT2D eigenvalue weighted by molar-refractivity contribution is 6.35. The minimum Gasteiger partial charge on any atom is -0.338 e. The predicted octanol–water partition coefficient (Wildman–Crippen LogP) is 7.03. The molecule has 34 heavy (non-hydrogen) atoms. The first kappa shape index (κ1) is 23.3. The lowest BCUT2D eigenvalue weighted by Crippen LogP contribution is -2.30. The van der Waals surface area contributed by atoms with E-state index in [1.165, 1.54) is 6.07 Å². The van der Waals surface area contributed by atoms with E-state index < -0.39 is 11.6 Å². The molecule has 174 valence electrons. The molecule has 0 radical (unpaired) electrons. The van der Waals surface area contributed by atoms with Gasteiger partial charge in [-0.15, -0.1) is 0 Å². The van der Waals surface area contributed by atoms with Gasteiger partial charge in [-0.2, -0.15) is 0 Å². The molecule has 8 heteroatoms. The maximum atomic E-state index is 13.7. The molecule has 1 saturated heterocycles. The lowest BCUT2D eigenvalue weighted by molar-refractivity contribution is -0.130. The summed E-state index contributed by atoms with van der Waals surface area (Å²) in [7, 11) is 0. The Balaban J connectivity index is 1.51. The molecule has 0 bridgehead atoms. The van der Waals surface area contributed by atoms with Crippen LogP contribution >= 0.6 is 34.8 Å². The molecule has 4 atom stereocenters. The van der Waals surface area contributed by atoms with Crippen LogP contribution in [0.1, 0.15) is 28.7 Å². The molecule has 3 nitrogen and oxygen atoms in total. The number of halogens is 5. The molecule has 1 fully saturated rings. The fourth-order valence-corrected chi connectivity index (χ4v) is 5.74. The number of hydrogen-bond acceptors (Lipinski definition) is 2. The molecule has 0 spiro atoms.